The maximum atomic E-state index is 5.50. The Balaban J connectivity index is 1.89. The number of hydrogen-bond donors (Lipinski definition) is 0. The molecule has 0 fully saturated rings. The molecular weight excluding hydrogens is 208 g/mol. The summed E-state index contributed by atoms with van der Waals surface area (Å²) in [5.74, 6) is 1.31. The van der Waals surface area contributed by atoms with E-state index in [1.807, 2.05) is 0 Å². The minimum absolute atomic E-state index is 0.526. The van der Waals surface area contributed by atoms with Gasteiger partial charge in [-0.3, -0.25) is 0 Å². The largest absolute Gasteiger partial charge is 0.458 e. The minimum atomic E-state index is -0.526. The number of allylic oxidation sites excluding steroid dienone is 2. The lowest BCUT2D eigenvalue weighted by Gasteiger charge is -2.20. The Bertz CT molecular complexity index is 395. The van der Waals surface area contributed by atoms with E-state index in [9.17, 15) is 0 Å². The Labute approximate surface area is 93.4 Å². The van der Waals surface area contributed by atoms with Gasteiger partial charge in [0.1, 0.15) is 25.0 Å². The fourth-order valence-electron chi connectivity index (χ4n) is 1.94. The molecule has 0 bridgehead atoms. The second-order valence-corrected chi connectivity index (χ2v) is 3.70. The van der Waals surface area contributed by atoms with Crippen LogP contribution in [0.25, 0.3) is 0 Å². The Morgan fingerprint density at radius 1 is 1.00 bits per heavy atom. The third kappa shape index (κ3) is 1.56. The Morgan fingerprint density at radius 3 is 2.56 bits per heavy atom. The molecule has 4 heteroatoms. The van der Waals surface area contributed by atoms with Crippen LogP contribution in [0.2, 0.25) is 0 Å². The molecular formula is C12H12O4. The van der Waals surface area contributed by atoms with Crippen molar-refractivity contribution in [3.05, 3.63) is 48.2 Å². The Kier molecular flexibility index (Phi) is 2.33. The summed E-state index contributed by atoms with van der Waals surface area (Å²) in [5, 5.41) is 0. The standard InChI is InChI=1S/C12H12O4/c1-2-4-9(3-1)10-11(14-6-5-13-10)12-15-7-8-16-12/h3,5-8,12H,1-2,4H2. The summed E-state index contributed by atoms with van der Waals surface area (Å²) in [6, 6.07) is 0. The van der Waals surface area contributed by atoms with Gasteiger partial charge in [0.15, 0.2) is 5.76 Å². The summed E-state index contributed by atoms with van der Waals surface area (Å²) in [4.78, 5) is 0. The van der Waals surface area contributed by atoms with Crippen LogP contribution >= 0.6 is 0 Å². The van der Waals surface area contributed by atoms with Crippen molar-refractivity contribution in [1.29, 1.82) is 0 Å². The van der Waals surface area contributed by atoms with Crippen LogP contribution < -0.4 is 0 Å². The summed E-state index contributed by atoms with van der Waals surface area (Å²) in [5.41, 5.74) is 1.17. The highest BCUT2D eigenvalue weighted by atomic mass is 16.7. The number of ether oxygens (including phenoxy) is 4. The van der Waals surface area contributed by atoms with E-state index < -0.39 is 6.29 Å². The first-order valence-corrected chi connectivity index (χ1v) is 5.33. The zero-order chi connectivity index (χ0) is 10.8. The van der Waals surface area contributed by atoms with Crippen LogP contribution in [-0.4, -0.2) is 6.29 Å². The molecule has 0 radical (unpaired) electrons. The van der Waals surface area contributed by atoms with Gasteiger partial charge >= 0.3 is 6.29 Å². The van der Waals surface area contributed by atoms with Crippen molar-refractivity contribution in [2.75, 3.05) is 0 Å². The maximum Gasteiger partial charge on any atom is 0.302 e. The van der Waals surface area contributed by atoms with Gasteiger partial charge in [-0.1, -0.05) is 6.08 Å². The molecule has 1 aliphatic carbocycles. The maximum absolute atomic E-state index is 5.50. The molecule has 0 N–H and O–H groups in total. The first-order chi connectivity index (χ1) is 7.95. The van der Waals surface area contributed by atoms with Crippen molar-refractivity contribution >= 4 is 0 Å². The molecule has 0 saturated heterocycles. The van der Waals surface area contributed by atoms with E-state index >= 15 is 0 Å². The average Bonchev–Trinajstić information content (AvgIpc) is 3.03. The fourth-order valence-corrected chi connectivity index (χ4v) is 1.94. The molecule has 0 aromatic heterocycles. The molecule has 2 heterocycles. The molecule has 0 unspecified atom stereocenters. The summed E-state index contributed by atoms with van der Waals surface area (Å²) in [6.07, 6.45) is 10.9. The molecule has 3 rings (SSSR count). The van der Waals surface area contributed by atoms with Gasteiger partial charge in [-0.15, -0.1) is 0 Å². The predicted octanol–water partition coefficient (Wildman–Crippen LogP) is 2.67. The highest BCUT2D eigenvalue weighted by molar-refractivity contribution is 5.33. The molecule has 3 aliphatic rings. The van der Waals surface area contributed by atoms with Crippen LogP contribution in [0, 0.1) is 0 Å². The third-order valence-electron chi connectivity index (χ3n) is 2.67. The van der Waals surface area contributed by atoms with Gasteiger partial charge in [-0.2, -0.15) is 0 Å². The molecule has 0 amide bonds. The van der Waals surface area contributed by atoms with E-state index in [0.29, 0.717) is 5.76 Å². The molecule has 16 heavy (non-hydrogen) atoms. The van der Waals surface area contributed by atoms with Crippen molar-refractivity contribution in [3.8, 4) is 0 Å². The van der Waals surface area contributed by atoms with Gasteiger partial charge < -0.3 is 18.9 Å². The molecule has 84 valence electrons. The van der Waals surface area contributed by atoms with Gasteiger partial charge in [0.05, 0.1) is 0 Å². The van der Waals surface area contributed by atoms with Crippen LogP contribution in [0.3, 0.4) is 0 Å². The quantitative estimate of drug-likeness (QED) is 0.717. The zero-order valence-electron chi connectivity index (χ0n) is 8.72. The van der Waals surface area contributed by atoms with Crippen molar-refractivity contribution in [1.82, 2.24) is 0 Å². The van der Waals surface area contributed by atoms with Crippen LogP contribution in [0.5, 0.6) is 0 Å². The lowest BCUT2D eigenvalue weighted by Crippen LogP contribution is -2.18. The topological polar surface area (TPSA) is 36.9 Å². The van der Waals surface area contributed by atoms with Gasteiger partial charge in [0.2, 0.25) is 5.76 Å². The van der Waals surface area contributed by atoms with Crippen LogP contribution in [0.1, 0.15) is 19.3 Å². The molecule has 2 aliphatic heterocycles. The van der Waals surface area contributed by atoms with E-state index in [0.717, 1.165) is 25.0 Å². The molecule has 0 atom stereocenters. The average molecular weight is 220 g/mol. The van der Waals surface area contributed by atoms with Crippen LogP contribution in [-0.2, 0) is 18.9 Å². The number of hydrogen-bond acceptors (Lipinski definition) is 4. The molecule has 0 aromatic carbocycles. The van der Waals surface area contributed by atoms with Crippen molar-refractivity contribution in [2.24, 2.45) is 0 Å². The van der Waals surface area contributed by atoms with Crippen molar-refractivity contribution in [3.63, 3.8) is 0 Å². The Morgan fingerprint density at radius 2 is 1.81 bits per heavy atom. The van der Waals surface area contributed by atoms with Gasteiger partial charge in [-0.25, -0.2) is 0 Å². The monoisotopic (exact) mass is 220 g/mol. The van der Waals surface area contributed by atoms with Crippen molar-refractivity contribution < 1.29 is 18.9 Å². The lowest BCUT2D eigenvalue weighted by molar-refractivity contribution is -0.0319. The highest BCUT2D eigenvalue weighted by Gasteiger charge is 2.29. The smallest absolute Gasteiger partial charge is 0.302 e. The fraction of sp³-hybridized carbons (Fsp3) is 0.333. The minimum Gasteiger partial charge on any atom is -0.458 e. The van der Waals surface area contributed by atoms with Crippen LogP contribution in [0.4, 0.5) is 0 Å². The van der Waals surface area contributed by atoms with E-state index in [-0.39, 0.29) is 0 Å². The van der Waals surface area contributed by atoms with Crippen LogP contribution in [0.15, 0.2) is 48.2 Å². The second kappa shape index (κ2) is 3.96. The summed E-state index contributed by atoms with van der Waals surface area (Å²) >= 11 is 0. The highest BCUT2D eigenvalue weighted by Crippen LogP contribution is 2.33. The van der Waals surface area contributed by atoms with E-state index in [1.165, 1.54) is 30.6 Å². The normalized spacial score (nSPS) is 23.6. The summed E-state index contributed by atoms with van der Waals surface area (Å²) in [7, 11) is 0. The first-order valence-electron chi connectivity index (χ1n) is 5.33. The van der Waals surface area contributed by atoms with E-state index in [4.69, 9.17) is 18.9 Å². The summed E-state index contributed by atoms with van der Waals surface area (Å²) in [6.45, 7) is 0. The summed E-state index contributed by atoms with van der Waals surface area (Å²) < 4.78 is 21.4. The number of rotatable bonds is 2. The van der Waals surface area contributed by atoms with E-state index in [1.54, 1.807) is 0 Å². The van der Waals surface area contributed by atoms with E-state index in [2.05, 4.69) is 6.08 Å². The Hall–Kier alpha value is -1.84. The van der Waals surface area contributed by atoms with Gasteiger partial charge in [-0.05, 0) is 24.8 Å². The first kappa shape index (κ1) is 9.39. The molecule has 0 aromatic rings. The molecule has 4 nitrogen and oxygen atoms in total. The zero-order valence-corrected chi connectivity index (χ0v) is 8.72. The second-order valence-electron chi connectivity index (χ2n) is 3.70. The molecule has 0 spiro atoms. The SMILES string of the molecule is C1=COC(C2OC=CO2)=C(C2=CCCC2)O1. The third-order valence-corrected chi connectivity index (χ3v) is 2.67. The molecule has 0 saturated carbocycles. The lowest BCUT2D eigenvalue weighted by atomic mass is 10.1. The van der Waals surface area contributed by atoms with Crippen molar-refractivity contribution in [2.45, 2.75) is 25.6 Å². The predicted molar refractivity (Wildman–Crippen MR) is 55.4 cm³/mol. The van der Waals surface area contributed by atoms with Gasteiger partial charge in [0, 0.05) is 0 Å². The van der Waals surface area contributed by atoms with Gasteiger partial charge in [0.25, 0.3) is 0 Å².